The molecule has 0 unspecified atom stereocenters. The summed E-state index contributed by atoms with van der Waals surface area (Å²) in [7, 11) is -3.78. The zero-order chi connectivity index (χ0) is 21.8. The number of carbonyl (C=O) groups is 1. The van der Waals surface area contributed by atoms with Crippen LogP contribution < -0.4 is 10.5 Å². The van der Waals surface area contributed by atoms with Gasteiger partial charge >= 0.3 is 0 Å². The van der Waals surface area contributed by atoms with Crippen molar-refractivity contribution in [3.05, 3.63) is 24.0 Å². The minimum atomic E-state index is -3.78. The third-order valence-corrected chi connectivity index (χ3v) is 8.50. The molecule has 31 heavy (non-hydrogen) atoms. The highest BCUT2D eigenvalue weighted by Crippen LogP contribution is 2.55. The Labute approximate surface area is 183 Å². The highest BCUT2D eigenvalue weighted by atomic mass is 32.2. The van der Waals surface area contributed by atoms with Crippen LogP contribution in [0.1, 0.15) is 64.1 Å². The first-order chi connectivity index (χ1) is 14.7. The molecule has 4 bridgehead atoms. The maximum Gasteiger partial charge on any atom is 0.238 e. The number of nitrogens with zero attached hydrogens (tertiary/aromatic N) is 2. The van der Waals surface area contributed by atoms with Gasteiger partial charge in [0.15, 0.2) is 0 Å². The number of sulfonamides is 1. The summed E-state index contributed by atoms with van der Waals surface area (Å²) in [6.45, 7) is 2.87. The number of aryl methyl sites for hydroxylation is 2. The van der Waals surface area contributed by atoms with Crippen molar-refractivity contribution < 1.29 is 13.2 Å². The first kappa shape index (κ1) is 20.9. The quantitative estimate of drug-likeness (QED) is 0.684. The van der Waals surface area contributed by atoms with Crippen molar-refractivity contribution in [1.82, 2.24) is 14.9 Å². The number of aromatic nitrogens is 2. The Morgan fingerprint density at radius 1 is 1.19 bits per heavy atom. The van der Waals surface area contributed by atoms with Gasteiger partial charge in [0, 0.05) is 24.9 Å². The van der Waals surface area contributed by atoms with E-state index in [9.17, 15) is 13.2 Å². The number of nitrogens with one attached hydrogen (secondary N) is 1. The van der Waals surface area contributed by atoms with E-state index in [-0.39, 0.29) is 16.3 Å². The summed E-state index contributed by atoms with van der Waals surface area (Å²) in [5.41, 5.74) is 1.52. The van der Waals surface area contributed by atoms with E-state index in [1.165, 1.54) is 31.4 Å². The second-order valence-electron chi connectivity index (χ2n) is 10.1. The van der Waals surface area contributed by atoms with Gasteiger partial charge in [-0.25, -0.2) is 18.5 Å². The van der Waals surface area contributed by atoms with Crippen LogP contribution in [-0.4, -0.2) is 29.4 Å². The molecule has 1 amide bonds. The highest BCUT2D eigenvalue weighted by molar-refractivity contribution is 7.89. The third kappa shape index (κ3) is 4.00. The Morgan fingerprint density at radius 3 is 2.42 bits per heavy atom. The molecule has 4 aliphatic rings. The molecule has 4 fully saturated rings. The lowest BCUT2D eigenvalue weighted by Crippen LogP contribution is -2.59. The summed E-state index contributed by atoms with van der Waals surface area (Å²) < 4.78 is 25.5. The van der Waals surface area contributed by atoms with Crippen LogP contribution in [0.15, 0.2) is 23.1 Å². The Hall–Kier alpha value is -1.93. The number of rotatable bonds is 7. The Kier molecular flexibility index (Phi) is 5.13. The maximum atomic E-state index is 12.9. The van der Waals surface area contributed by atoms with Gasteiger partial charge in [0.05, 0.1) is 15.9 Å². The average molecular weight is 445 g/mol. The molecule has 1 aromatic carbocycles. The lowest BCUT2D eigenvalue weighted by atomic mass is 9.53. The van der Waals surface area contributed by atoms with Crippen molar-refractivity contribution in [3.8, 4) is 0 Å². The molecule has 0 atom stereocenters. The molecule has 0 radical (unpaired) electrons. The van der Waals surface area contributed by atoms with Gasteiger partial charge in [-0.05, 0) is 80.9 Å². The van der Waals surface area contributed by atoms with Crippen LogP contribution in [0.4, 0.5) is 0 Å². The first-order valence-electron chi connectivity index (χ1n) is 11.6. The lowest BCUT2D eigenvalue weighted by molar-refractivity contribution is -0.126. The topological polar surface area (TPSA) is 107 Å². The van der Waals surface area contributed by atoms with Crippen molar-refractivity contribution in [1.29, 1.82) is 0 Å². The van der Waals surface area contributed by atoms with E-state index in [0.717, 1.165) is 61.3 Å². The molecule has 3 N–H and O–H groups in total. The average Bonchev–Trinajstić information content (AvgIpc) is 3.01. The number of nitrogens with two attached hydrogens (primary N) is 1. The molecule has 8 heteroatoms. The van der Waals surface area contributed by atoms with Crippen molar-refractivity contribution >= 4 is 27.0 Å². The number of benzene rings is 1. The SMILES string of the molecule is CCCn1c(CCC(=O)NC23CC4CC(CC(C4)C2)C3)nc2cc(S(N)(=O)=O)ccc21. The first-order valence-corrected chi connectivity index (χ1v) is 13.1. The molecule has 0 spiro atoms. The van der Waals surface area contributed by atoms with Crippen LogP contribution in [0, 0.1) is 17.8 Å². The molecule has 4 saturated carbocycles. The fraction of sp³-hybridized carbons (Fsp3) is 0.652. The summed E-state index contributed by atoms with van der Waals surface area (Å²) in [6.07, 6.45) is 9.38. The molecule has 1 heterocycles. The van der Waals surface area contributed by atoms with Gasteiger partial charge < -0.3 is 9.88 Å². The van der Waals surface area contributed by atoms with E-state index < -0.39 is 10.0 Å². The smallest absolute Gasteiger partial charge is 0.238 e. The van der Waals surface area contributed by atoms with Gasteiger partial charge in [-0.15, -0.1) is 0 Å². The molecule has 4 aliphatic carbocycles. The van der Waals surface area contributed by atoms with Gasteiger partial charge in [-0.1, -0.05) is 6.92 Å². The fourth-order valence-corrected chi connectivity index (χ4v) is 7.38. The van der Waals surface area contributed by atoms with Crippen molar-refractivity contribution in [2.24, 2.45) is 22.9 Å². The molecule has 2 aromatic rings. The molecule has 7 nitrogen and oxygen atoms in total. The summed E-state index contributed by atoms with van der Waals surface area (Å²) in [5.74, 6) is 3.33. The van der Waals surface area contributed by atoms with E-state index in [2.05, 4.69) is 21.8 Å². The van der Waals surface area contributed by atoms with Gasteiger partial charge in [0.25, 0.3) is 0 Å². The zero-order valence-electron chi connectivity index (χ0n) is 18.1. The number of hydrogen-bond acceptors (Lipinski definition) is 4. The van der Waals surface area contributed by atoms with Gasteiger partial charge in [-0.2, -0.15) is 0 Å². The van der Waals surface area contributed by atoms with E-state index in [4.69, 9.17) is 5.14 Å². The van der Waals surface area contributed by atoms with E-state index >= 15 is 0 Å². The molecule has 6 rings (SSSR count). The van der Waals surface area contributed by atoms with Crippen molar-refractivity contribution in [2.75, 3.05) is 0 Å². The Balaban J connectivity index is 1.32. The third-order valence-electron chi connectivity index (χ3n) is 7.59. The van der Waals surface area contributed by atoms with E-state index in [1.807, 2.05) is 0 Å². The van der Waals surface area contributed by atoms with Gasteiger partial charge in [0.1, 0.15) is 5.82 Å². The van der Waals surface area contributed by atoms with Crippen LogP contribution in [-0.2, 0) is 27.8 Å². The highest BCUT2D eigenvalue weighted by Gasteiger charge is 2.51. The van der Waals surface area contributed by atoms with E-state index in [1.54, 1.807) is 6.07 Å². The van der Waals surface area contributed by atoms with Gasteiger partial charge in [0.2, 0.25) is 15.9 Å². The summed E-state index contributed by atoms with van der Waals surface area (Å²) in [6, 6.07) is 4.81. The number of carbonyl (C=O) groups excluding carboxylic acids is 1. The molecule has 168 valence electrons. The summed E-state index contributed by atoms with van der Waals surface area (Å²) in [5, 5.41) is 8.71. The number of hydrogen-bond donors (Lipinski definition) is 2. The minimum absolute atomic E-state index is 0.0276. The largest absolute Gasteiger partial charge is 0.351 e. The minimum Gasteiger partial charge on any atom is -0.351 e. The molecule has 0 saturated heterocycles. The standard InChI is InChI=1S/C23H32N4O3S/c1-2-7-27-20-4-3-18(31(24,29)30)11-19(20)25-21(27)5-6-22(28)26-23-12-15-8-16(13-23)10-17(9-15)14-23/h3-4,11,15-17H,2,5-10,12-14H2,1H3,(H,26,28)(H2,24,29,30). The van der Waals surface area contributed by atoms with Crippen molar-refractivity contribution in [3.63, 3.8) is 0 Å². The summed E-state index contributed by atoms with van der Waals surface area (Å²) in [4.78, 5) is 17.7. The molecular formula is C23H32N4O3S. The number of amides is 1. The molecule has 0 aliphatic heterocycles. The summed E-state index contributed by atoms with van der Waals surface area (Å²) >= 11 is 0. The number of fused-ring (bicyclic) bond motifs is 1. The van der Waals surface area contributed by atoms with Crippen LogP contribution in [0.25, 0.3) is 11.0 Å². The van der Waals surface area contributed by atoms with Crippen LogP contribution in [0.2, 0.25) is 0 Å². The van der Waals surface area contributed by atoms with Crippen LogP contribution >= 0.6 is 0 Å². The van der Waals surface area contributed by atoms with Gasteiger partial charge in [-0.3, -0.25) is 4.79 Å². The molecular weight excluding hydrogens is 412 g/mol. The maximum absolute atomic E-state index is 12.9. The normalized spacial score (nSPS) is 29.5. The second kappa shape index (κ2) is 7.59. The Morgan fingerprint density at radius 2 is 1.84 bits per heavy atom. The van der Waals surface area contributed by atoms with Crippen LogP contribution in [0.5, 0.6) is 0 Å². The monoisotopic (exact) mass is 444 g/mol. The Bertz CT molecular complexity index is 1090. The number of primary sulfonamides is 1. The zero-order valence-corrected chi connectivity index (χ0v) is 19.0. The predicted octanol–water partition coefficient (Wildman–Crippen LogP) is 3.11. The van der Waals surface area contributed by atoms with Crippen molar-refractivity contribution in [2.45, 2.75) is 81.7 Å². The fourth-order valence-electron chi connectivity index (χ4n) is 6.85. The number of imidazole rings is 1. The predicted molar refractivity (Wildman–Crippen MR) is 119 cm³/mol. The lowest BCUT2D eigenvalue weighted by Gasteiger charge is -2.56. The van der Waals surface area contributed by atoms with E-state index in [0.29, 0.717) is 18.4 Å². The second-order valence-corrected chi connectivity index (χ2v) is 11.7. The molecule has 1 aromatic heterocycles. The van der Waals surface area contributed by atoms with Crippen LogP contribution in [0.3, 0.4) is 0 Å².